The topological polar surface area (TPSA) is 114 Å². The third-order valence-corrected chi connectivity index (χ3v) is 4.10. The smallest absolute Gasteiger partial charge is 0.314 e. The van der Waals surface area contributed by atoms with Gasteiger partial charge in [0.05, 0.1) is 23.8 Å². The van der Waals surface area contributed by atoms with E-state index in [1.54, 1.807) is 12.1 Å². The highest BCUT2D eigenvalue weighted by Gasteiger charge is 2.18. The molecule has 0 aromatic heterocycles. The number of nitro benzene ring substituents is 1. The molecule has 2 amide bonds. The molecule has 0 fully saturated rings. The fraction of sp³-hybridized carbons (Fsp3) is 0.263. The highest BCUT2D eigenvalue weighted by molar-refractivity contribution is 6.43. The third-order valence-electron chi connectivity index (χ3n) is 4.10. The van der Waals surface area contributed by atoms with Crippen LogP contribution in [-0.2, 0) is 9.59 Å². The lowest BCUT2D eigenvalue weighted by Gasteiger charge is -2.21. The first-order valence-corrected chi connectivity index (χ1v) is 8.69. The van der Waals surface area contributed by atoms with Crippen molar-refractivity contribution in [1.29, 1.82) is 0 Å². The van der Waals surface area contributed by atoms with Crippen LogP contribution in [-0.4, -0.2) is 36.9 Å². The molecular weight excluding hydrogens is 364 g/mol. The Balaban J connectivity index is 2.05. The van der Waals surface area contributed by atoms with E-state index in [4.69, 9.17) is 4.74 Å². The van der Waals surface area contributed by atoms with Gasteiger partial charge in [-0.25, -0.2) is 0 Å². The number of ether oxygens (including phenoxy) is 1. The lowest BCUT2D eigenvalue weighted by molar-refractivity contribution is -0.384. The molecule has 0 aliphatic carbocycles. The number of hydrogen-bond donors (Lipinski definition) is 2. The molecule has 0 aliphatic heterocycles. The van der Waals surface area contributed by atoms with Gasteiger partial charge in [-0.15, -0.1) is 0 Å². The fourth-order valence-corrected chi connectivity index (χ4v) is 2.61. The Kier molecular flexibility index (Phi) is 6.91. The van der Waals surface area contributed by atoms with Crippen molar-refractivity contribution in [3.05, 3.63) is 52.6 Å². The summed E-state index contributed by atoms with van der Waals surface area (Å²) in [7, 11) is 1.31. The molecule has 2 N–H and O–H groups in total. The molecule has 0 saturated heterocycles. The average Bonchev–Trinajstić information content (AvgIpc) is 2.70. The maximum atomic E-state index is 12.2. The summed E-state index contributed by atoms with van der Waals surface area (Å²) in [5, 5.41) is 15.7. The van der Waals surface area contributed by atoms with E-state index in [2.05, 4.69) is 29.4 Å². The van der Waals surface area contributed by atoms with Gasteiger partial charge >= 0.3 is 11.8 Å². The predicted molar refractivity (Wildman–Crippen MR) is 107 cm³/mol. The average molecular weight is 386 g/mol. The zero-order valence-electron chi connectivity index (χ0n) is 15.9. The molecule has 0 unspecified atom stereocenters. The second kappa shape index (κ2) is 9.36. The Bertz CT molecular complexity index is 863. The van der Waals surface area contributed by atoms with Crippen molar-refractivity contribution in [2.45, 2.75) is 13.8 Å². The molecule has 0 radical (unpaired) electrons. The van der Waals surface area contributed by atoms with Crippen molar-refractivity contribution in [3.8, 4) is 5.75 Å². The normalized spacial score (nSPS) is 10.1. The molecule has 28 heavy (non-hydrogen) atoms. The van der Waals surface area contributed by atoms with Gasteiger partial charge in [-0.05, 0) is 44.2 Å². The molecule has 0 aliphatic rings. The van der Waals surface area contributed by atoms with E-state index in [9.17, 15) is 19.7 Å². The number of carbonyl (C=O) groups is 2. The van der Waals surface area contributed by atoms with Gasteiger partial charge in [0.25, 0.3) is 5.69 Å². The molecular formula is C19H22N4O5. The molecule has 148 valence electrons. The summed E-state index contributed by atoms with van der Waals surface area (Å²) in [6.45, 7) is 5.83. The first-order valence-electron chi connectivity index (χ1n) is 8.69. The summed E-state index contributed by atoms with van der Waals surface area (Å²) in [6.07, 6.45) is 0. The Labute approximate surface area is 162 Å². The monoisotopic (exact) mass is 386 g/mol. The van der Waals surface area contributed by atoms with Crippen molar-refractivity contribution in [1.82, 2.24) is 0 Å². The largest absolute Gasteiger partial charge is 0.494 e. The SMILES string of the molecule is CCN(CC)c1ccc(NC(=O)C(=O)Nc2ccc([N+](=O)[O-])cc2OC)cc1. The summed E-state index contributed by atoms with van der Waals surface area (Å²) >= 11 is 0. The van der Waals surface area contributed by atoms with E-state index in [-0.39, 0.29) is 17.1 Å². The lowest BCUT2D eigenvalue weighted by atomic mass is 10.2. The van der Waals surface area contributed by atoms with Crippen LogP contribution in [0.5, 0.6) is 5.75 Å². The number of hydrogen-bond acceptors (Lipinski definition) is 6. The van der Waals surface area contributed by atoms with Gasteiger partial charge in [0.15, 0.2) is 0 Å². The van der Waals surface area contributed by atoms with Crippen molar-refractivity contribution in [3.63, 3.8) is 0 Å². The van der Waals surface area contributed by atoms with Crippen LogP contribution in [0.25, 0.3) is 0 Å². The number of methoxy groups -OCH3 is 1. The third kappa shape index (κ3) is 4.97. The van der Waals surface area contributed by atoms with Crippen LogP contribution in [0, 0.1) is 10.1 Å². The number of carbonyl (C=O) groups excluding carboxylic acids is 2. The van der Waals surface area contributed by atoms with E-state index in [1.165, 1.54) is 25.3 Å². The highest BCUT2D eigenvalue weighted by atomic mass is 16.6. The molecule has 2 aromatic rings. The Morgan fingerprint density at radius 2 is 1.64 bits per heavy atom. The maximum Gasteiger partial charge on any atom is 0.314 e. The van der Waals surface area contributed by atoms with Crippen molar-refractivity contribution in [2.75, 3.05) is 35.7 Å². The minimum Gasteiger partial charge on any atom is -0.494 e. The summed E-state index contributed by atoms with van der Waals surface area (Å²) < 4.78 is 5.04. The zero-order valence-corrected chi connectivity index (χ0v) is 15.9. The van der Waals surface area contributed by atoms with Gasteiger partial charge in [0.2, 0.25) is 0 Å². The highest BCUT2D eigenvalue weighted by Crippen LogP contribution is 2.29. The second-order valence-electron chi connectivity index (χ2n) is 5.77. The van der Waals surface area contributed by atoms with E-state index in [0.29, 0.717) is 5.69 Å². The van der Waals surface area contributed by atoms with Crippen LogP contribution < -0.4 is 20.3 Å². The Morgan fingerprint density at radius 1 is 1.04 bits per heavy atom. The maximum absolute atomic E-state index is 12.2. The standard InChI is InChI=1S/C19H22N4O5/c1-4-22(5-2)14-8-6-13(7-9-14)20-18(24)19(25)21-16-11-10-15(23(26)27)12-17(16)28-3/h6-12H,4-5H2,1-3H3,(H,20,24)(H,21,25). The molecule has 0 saturated carbocycles. The summed E-state index contributed by atoms with van der Waals surface area (Å²) in [4.78, 5) is 36.7. The molecule has 0 heterocycles. The first-order chi connectivity index (χ1) is 13.4. The van der Waals surface area contributed by atoms with Gasteiger partial charge in [-0.2, -0.15) is 0 Å². The first kappa shape index (κ1) is 20.7. The number of nitro groups is 1. The lowest BCUT2D eigenvalue weighted by Crippen LogP contribution is -2.29. The molecule has 0 atom stereocenters. The number of non-ortho nitro benzene ring substituents is 1. The van der Waals surface area contributed by atoms with Gasteiger partial charge in [0.1, 0.15) is 5.75 Å². The Hall–Kier alpha value is -3.62. The number of benzene rings is 2. The molecule has 2 aromatic carbocycles. The number of anilines is 3. The second-order valence-corrected chi connectivity index (χ2v) is 5.77. The van der Waals surface area contributed by atoms with Crippen molar-refractivity contribution < 1.29 is 19.2 Å². The molecule has 2 rings (SSSR count). The van der Waals surface area contributed by atoms with Crippen molar-refractivity contribution in [2.24, 2.45) is 0 Å². The molecule has 0 bridgehead atoms. The minimum atomic E-state index is -0.917. The van der Waals surface area contributed by atoms with Gasteiger partial charge in [0, 0.05) is 30.5 Å². The van der Waals surface area contributed by atoms with Crippen LogP contribution in [0.2, 0.25) is 0 Å². The van der Waals surface area contributed by atoms with Crippen LogP contribution in [0.15, 0.2) is 42.5 Å². The number of nitrogens with one attached hydrogen (secondary N) is 2. The van der Waals surface area contributed by atoms with E-state index in [1.807, 2.05) is 12.1 Å². The summed E-state index contributed by atoms with van der Waals surface area (Å²) in [5.41, 5.74) is 1.47. The van der Waals surface area contributed by atoms with E-state index in [0.717, 1.165) is 18.8 Å². The van der Waals surface area contributed by atoms with E-state index >= 15 is 0 Å². The van der Waals surface area contributed by atoms with Gasteiger partial charge in [-0.3, -0.25) is 19.7 Å². The summed E-state index contributed by atoms with van der Waals surface area (Å²) in [5.74, 6) is -1.70. The van der Waals surface area contributed by atoms with Crippen LogP contribution >= 0.6 is 0 Å². The van der Waals surface area contributed by atoms with E-state index < -0.39 is 16.7 Å². The van der Waals surface area contributed by atoms with Crippen LogP contribution in [0.3, 0.4) is 0 Å². The number of amides is 2. The molecule has 0 spiro atoms. The Morgan fingerprint density at radius 3 is 2.18 bits per heavy atom. The zero-order chi connectivity index (χ0) is 20.7. The predicted octanol–water partition coefficient (Wildman–Crippen LogP) is 3.03. The van der Waals surface area contributed by atoms with Crippen molar-refractivity contribution >= 4 is 34.6 Å². The van der Waals surface area contributed by atoms with Gasteiger partial charge in [-0.1, -0.05) is 0 Å². The minimum absolute atomic E-state index is 0.0823. The quantitative estimate of drug-likeness (QED) is 0.429. The van der Waals surface area contributed by atoms with Gasteiger partial charge < -0.3 is 20.3 Å². The fourth-order valence-electron chi connectivity index (χ4n) is 2.61. The summed E-state index contributed by atoms with van der Waals surface area (Å²) in [6, 6.07) is 10.8. The number of nitrogens with zero attached hydrogens (tertiary/aromatic N) is 2. The van der Waals surface area contributed by atoms with Crippen LogP contribution in [0.1, 0.15) is 13.8 Å². The number of rotatable bonds is 7. The van der Waals surface area contributed by atoms with Crippen LogP contribution in [0.4, 0.5) is 22.7 Å². The molecule has 9 nitrogen and oxygen atoms in total. The molecule has 9 heteroatoms.